The monoisotopic (exact) mass is 273 g/mol. The van der Waals surface area contributed by atoms with E-state index >= 15 is 0 Å². The van der Waals surface area contributed by atoms with Crippen LogP contribution in [0.1, 0.15) is 24.7 Å². The van der Waals surface area contributed by atoms with Gasteiger partial charge in [-0.25, -0.2) is 15.0 Å². The molecule has 0 atom stereocenters. The van der Waals surface area contributed by atoms with E-state index in [4.69, 9.17) is 10.5 Å². The van der Waals surface area contributed by atoms with Crippen molar-refractivity contribution in [2.75, 3.05) is 18.2 Å². The van der Waals surface area contributed by atoms with Crippen LogP contribution in [0.4, 0.5) is 11.6 Å². The molecule has 0 radical (unpaired) electrons. The van der Waals surface area contributed by atoms with Gasteiger partial charge in [-0.15, -0.1) is 0 Å². The van der Waals surface area contributed by atoms with Crippen LogP contribution in [0.3, 0.4) is 0 Å². The Hall–Kier alpha value is -2.37. The number of hydrogen-bond acceptors (Lipinski definition) is 6. The zero-order valence-corrected chi connectivity index (χ0v) is 11.8. The summed E-state index contributed by atoms with van der Waals surface area (Å²) in [5, 5.41) is 3.23. The molecule has 3 N–H and O–H groups in total. The quantitative estimate of drug-likeness (QED) is 0.837. The molecule has 0 unspecified atom stereocenters. The van der Waals surface area contributed by atoms with Crippen LogP contribution < -0.4 is 15.8 Å². The number of aromatic nitrogens is 3. The SMILES string of the molecule is CCCc1nc(N)cc(NCc2ccc(OC)nc2)n1. The van der Waals surface area contributed by atoms with Gasteiger partial charge in [-0.3, -0.25) is 0 Å². The number of nitrogen functional groups attached to an aromatic ring is 1. The van der Waals surface area contributed by atoms with Gasteiger partial charge in [0.1, 0.15) is 17.5 Å². The third-order valence-electron chi connectivity index (χ3n) is 2.75. The van der Waals surface area contributed by atoms with E-state index in [1.807, 2.05) is 12.1 Å². The Bertz CT molecular complexity index is 556. The van der Waals surface area contributed by atoms with Gasteiger partial charge in [0.15, 0.2) is 0 Å². The summed E-state index contributed by atoms with van der Waals surface area (Å²) in [7, 11) is 1.60. The normalized spacial score (nSPS) is 10.3. The van der Waals surface area contributed by atoms with Crippen LogP contribution in [0.2, 0.25) is 0 Å². The van der Waals surface area contributed by atoms with Crippen LogP contribution in [0.5, 0.6) is 5.88 Å². The summed E-state index contributed by atoms with van der Waals surface area (Å²) in [6.45, 7) is 2.71. The molecule has 6 heteroatoms. The van der Waals surface area contributed by atoms with Crippen molar-refractivity contribution < 1.29 is 4.74 Å². The molecule has 0 aromatic carbocycles. The molecule has 2 rings (SSSR count). The average molecular weight is 273 g/mol. The van der Waals surface area contributed by atoms with Gasteiger partial charge in [-0.2, -0.15) is 0 Å². The van der Waals surface area contributed by atoms with Gasteiger partial charge in [-0.05, 0) is 12.0 Å². The Morgan fingerprint density at radius 2 is 2.15 bits per heavy atom. The largest absolute Gasteiger partial charge is 0.481 e. The minimum atomic E-state index is 0.485. The molecule has 0 bridgehead atoms. The van der Waals surface area contributed by atoms with E-state index in [1.54, 1.807) is 19.4 Å². The minimum absolute atomic E-state index is 0.485. The zero-order valence-electron chi connectivity index (χ0n) is 11.8. The predicted octanol–water partition coefficient (Wildman–Crippen LogP) is 2.03. The van der Waals surface area contributed by atoms with Crippen LogP contribution in [0, 0.1) is 0 Å². The maximum absolute atomic E-state index is 5.78. The van der Waals surface area contributed by atoms with Crippen molar-refractivity contribution in [2.24, 2.45) is 0 Å². The fraction of sp³-hybridized carbons (Fsp3) is 0.357. The van der Waals surface area contributed by atoms with Crippen LogP contribution >= 0.6 is 0 Å². The highest BCUT2D eigenvalue weighted by Gasteiger charge is 2.02. The number of hydrogen-bond donors (Lipinski definition) is 2. The molecule has 2 heterocycles. The standard InChI is InChI=1S/C14H19N5O/c1-3-4-12-18-11(15)7-13(19-12)16-8-10-5-6-14(20-2)17-9-10/h5-7,9H,3-4,8H2,1-2H3,(H3,15,16,18,19). The highest BCUT2D eigenvalue weighted by atomic mass is 16.5. The Labute approximate surface area is 118 Å². The predicted molar refractivity (Wildman–Crippen MR) is 78.6 cm³/mol. The summed E-state index contributed by atoms with van der Waals surface area (Å²) in [6, 6.07) is 5.51. The van der Waals surface area contributed by atoms with Gasteiger partial charge in [0, 0.05) is 31.3 Å². The van der Waals surface area contributed by atoms with Gasteiger partial charge in [0.2, 0.25) is 5.88 Å². The molecule has 0 aliphatic rings. The Morgan fingerprint density at radius 1 is 1.30 bits per heavy atom. The van der Waals surface area contributed by atoms with Gasteiger partial charge in [-0.1, -0.05) is 13.0 Å². The van der Waals surface area contributed by atoms with E-state index in [0.717, 1.165) is 30.0 Å². The molecular formula is C14H19N5O. The van der Waals surface area contributed by atoms with Crippen molar-refractivity contribution in [3.05, 3.63) is 35.8 Å². The maximum atomic E-state index is 5.78. The summed E-state index contributed by atoms with van der Waals surface area (Å²) in [5.41, 5.74) is 6.82. The zero-order chi connectivity index (χ0) is 14.4. The highest BCUT2D eigenvalue weighted by molar-refractivity contribution is 5.45. The molecule has 0 spiro atoms. The van der Waals surface area contributed by atoms with Crippen molar-refractivity contribution in [1.29, 1.82) is 0 Å². The third kappa shape index (κ3) is 3.81. The molecule has 20 heavy (non-hydrogen) atoms. The number of nitrogens with zero attached hydrogens (tertiary/aromatic N) is 3. The van der Waals surface area contributed by atoms with Crippen molar-refractivity contribution >= 4 is 11.6 Å². The molecule has 2 aromatic rings. The van der Waals surface area contributed by atoms with E-state index in [0.29, 0.717) is 18.2 Å². The number of anilines is 2. The van der Waals surface area contributed by atoms with Crippen LogP contribution in [0.15, 0.2) is 24.4 Å². The summed E-state index contributed by atoms with van der Waals surface area (Å²) in [5.74, 6) is 2.59. The molecule has 0 aliphatic heterocycles. The first kappa shape index (κ1) is 14.0. The lowest BCUT2D eigenvalue weighted by atomic mass is 10.3. The van der Waals surface area contributed by atoms with Gasteiger partial charge >= 0.3 is 0 Å². The summed E-state index contributed by atoms with van der Waals surface area (Å²) in [4.78, 5) is 12.8. The lowest BCUT2D eigenvalue weighted by Crippen LogP contribution is -2.06. The average Bonchev–Trinajstić information content (AvgIpc) is 2.45. The number of pyridine rings is 1. The van der Waals surface area contributed by atoms with Gasteiger partial charge in [0.25, 0.3) is 0 Å². The number of methoxy groups -OCH3 is 1. The summed E-state index contributed by atoms with van der Waals surface area (Å²) >= 11 is 0. The molecular weight excluding hydrogens is 254 g/mol. The van der Waals surface area contributed by atoms with E-state index in [9.17, 15) is 0 Å². The molecule has 0 amide bonds. The molecule has 0 fully saturated rings. The first-order valence-corrected chi connectivity index (χ1v) is 6.57. The fourth-order valence-corrected chi connectivity index (χ4v) is 1.77. The van der Waals surface area contributed by atoms with E-state index in [2.05, 4.69) is 27.2 Å². The van der Waals surface area contributed by atoms with Crippen LogP contribution in [-0.2, 0) is 13.0 Å². The first-order valence-electron chi connectivity index (χ1n) is 6.57. The Balaban J connectivity index is 2.02. The fourth-order valence-electron chi connectivity index (χ4n) is 1.77. The second-order valence-electron chi connectivity index (χ2n) is 4.41. The lowest BCUT2D eigenvalue weighted by Gasteiger charge is -2.08. The first-order chi connectivity index (χ1) is 9.71. The number of nitrogens with two attached hydrogens (primary N) is 1. The van der Waals surface area contributed by atoms with Crippen molar-refractivity contribution in [1.82, 2.24) is 15.0 Å². The summed E-state index contributed by atoms with van der Waals surface area (Å²) < 4.78 is 5.02. The van der Waals surface area contributed by atoms with E-state index < -0.39 is 0 Å². The van der Waals surface area contributed by atoms with E-state index in [-0.39, 0.29) is 0 Å². The third-order valence-corrected chi connectivity index (χ3v) is 2.75. The molecule has 0 saturated heterocycles. The van der Waals surface area contributed by atoms with Gasteiger partial charge in [0.05, 0.1) is 7.11 Å². The minimum Gasteiger partial charge on any atom is -0.481 e. The number of ether oxygens (including phenoxy) is 1. The van der Waals surface area contributed by atoms with Crippen LogP contribution in [0.25, 0.3) is 0 Å². The summed E-state index contributed by atoms with van der Waals surface area (Å²) in [6.07, 6.45) is 3.58. The topological polar surface area (TPSA) is 86.0 Å². The van der Waals surface area contributed by atoms with Crippen molar-refractivity contribution in [3.63, 3.8) is 0 Å². The molecule has 0 aliphatic carbocycles. The van der Waals surface area contributed by atoms with Crippen molar-refractivity contribution in [3.8, 4) is 5.88 Å². The number of rotatable bonds is 6. The lowest BCUT2D eigenvalue weighted by molar-refractivity contribution is 0.397. The van der Waals surface area contributed by atoms with E-state index in [1.165, 1.54) is 0 Å². The van der Waals surface area contributed by atoms with Gasteiger partial charge < -0.3 is 15.8 Å². The smallest absolute Gasteiger partial charge is 0.212 e. The molecule has 2 aromatic heterocycles. The Morgan fingerprint density at radius 3 is 2.80 bits per heavy atom. The highest BCUT2D eigenvalue weighted by Crippen LogP contribution is 2.12. The Kier molecular flexibility index (Phi) is 4.70. The molecule has 0 saturated carbocycles. The van der Waals surface area contributed by atoms with Crippen molar-refractivity contribution in [2.45, 2.75) is 26.3 Å². The molecule has 106 valence electrons. The maximum Gasteiger partial charge on any atom is 0.212 e. The molecule has 6 nitrogen and oxygen atoms in total. The second kappa shape index (κ2) is 6.70. The van der Waals surface area contributed by atoms with Crippen LogP contribution in [-0.4, -0.2) is 22.1 Å². The second-order valence-corrected chi connectivity index (χ2v) is 4.41. The number of aryl methyl sites for hydroxylation is 1. The number of nitrogens with one attached hydrogen (secondary N) is 1.